The molecule has 1 aliphatic rings. The highest BCUT2D eigenvalue weighted by molar-refractivity contribution is 7.16. The summed E-state index contributed by atoms with van der Waals surface area (Å²) in [4.78, 5) is 24.8. The Morgan fingerprint density at radius 3 is 2.75 bits per heavy atom. The molecule has 0 atom stereocenters. The van der Waals surface area contributed by atoms with Gasteiger partial charge in [-0.15, -0.1) is 22.7 Å². The molecule has 2 N–H and O–H groups in total. The summed E-state index contributed by atoms with van der Waals surface area (Å²) in [6.07, 6.45) is 0.608. The molecule has 32 heavy (non-hydrogen) atoms. The molecule has 0 saturated carbocycles. The number of benzene rings is 1. The lowest BCUT2D eigenvalue weighted by atomic mass is 10.1. The molecule has 7 nitrogen and oxygen atoms in total. The lowest BCUT2D eigenvalue weighted by molar-refractivity contribution is 0.0341. The zero-order valence-electron chi connectivity index (χ0n) is 18.6. The van der Waals surface area contributed by atoms with Gasteiger partial charge in [-0.1, -0.05) is 0 Å². The number of aromatic nitrogens is 2. The summed E-state index contributed by atoms with van der Waals surface area (Å²) in [7, 11) is 0. The number of morpholine rings is 1. The van der Waals surface area contributed by atoms with Crippen molar-refractivity contribution in [1.29, 1.82) is 0 Å². The van der Waals surface area contributed by atoms with Crippen LogP contribution in [-0.4, -0.2) is 53.2 Å². The van der Waals surface area contributed by atoms with E-state index in [0.29, 0.717) is 12.0 Å². The van der Waals surface area contributed by atoms with Crippen LogP contribution < -0.4 is 10.5 Å². The van der Waals surface area contributed by atoms with E-state index in [1.807, 2.05) is 26.8 Å². The van der Waals surface area contributed by atoms with Crippen molar-refractivity contribution < 1.29 is 14.3 Å². The van der Waals surface area contributed by atoms with E-state index >= 15 is 0 Å². The van der Waals surface area contributed by atoms with Crippen molar-refractivity contribution in [2.45, 2.75) is 39.8 Å². The van der Waals surface area contributed by atoms with E-state index < -0.39 is 5.91 Å². The number of primary amides is 1. The Morgan fingerprint density at radius 1 is 1.25 bits per heavy atom. The smallest absolute Gasteiger partial charge is 0.248 e. The fraction of sp³-hybridized carbons (Fsp3) is 0.435. The molecule has 1 saturated heterocycles. The average Bonchev–Trinajstić information content (AvgIpc) is 3.35. The predicted octanol–water partition coefficient (Wildman–Crippen LogP) is 3.88. The van der Waals surface area contributed by atoms with Crippen molar-refractivity contribution in [3.8, 4) is 16.3 Å². The van der Waals surface area contributed by atoms with Gasteiger partial charge in [-0.05, 0) is 39.0 Å². The third-order valence-electron chi connectivity index (χ3n) is 5.14. The highest BCUT2D eigenvalue weighted by Crippen LogP contribution is 2.33. The van der Waals surface area contributed by atoms with Crippen molar-refractivity contribution in [2.75, 3.05) is 26.3 Å². The molecule has 0 unspecified atom stereocenters. The van der Waals surface area contributed by atoms with Gasteiger partial charge >= 0.3 is 0 Å². The Balaban J connectivity index is 1.53. The maximum Gasteiger partial charge on any atom is 0.248 e. The first-order chi connectivity index (χ1) is 15.4. The largest absolute Gasteiger partial charge is 0.491 e. The van der Waals surface area contributed by atoms with Crippen molar-refractivity contribution in [3.05, 3.63) is 50.4 Å². The highest BCUT2D eigenvalue weighted by Gasteiger charge is 2.18. The second kappa shape index (κ2) is 10.1. The average molecular weight is 473 g/mol. The number of aryl methyl sites for hydroxylation is 1. The van der Waals surface area contributed by atoms with E-state index in [1.54, 1.807) is 34.8 Å². The summed E-state index contributed by atoms with van der Waals surface area (Å²) in [5.41, 5.74) is 8.82. The van der Waals surface area contributed by atoms with E-state index in [0.717, 1.165) is 70.4 Å². The van der Waals surface area contributed by atoms with Crippen LogP contribution in [0.2, 0.25) is 0 Å². The van der Waals surface area contributed by atoms with Gasteiger partial charge in [0.05, 0.1) is 47.1 Å². The predicted molar refractivity (Wildman–Crippen MR) is 128 cm³/mol. The molecule has 170 valence electrons. The van der Waals surface area contributed by atoms with Gasteiger partial charge in [-0.2, -0.15) is 0 Å². The number of carbonyl (C=O) groups is 1. The van der Waals surface area contributed by atoms with Crippen molar-refractivity contribution >= 4 is 28.6 Å². The second-order valence-electron chi connectivity index (χ2n) is 8.07. The van der Waals surface area contributed by atoms with Gasteiger partial charge < -0.3 is 15.2 Å². The molecule has 3 aromatic rings. The van der Waals surface area contributed by atoms with Crippen molar-refractivity contribution in [1.82, 2.24) is 14.9 Å². The molecule has 1 fully saturated rings. The maximum atomic E-state index is 11.7. The van der Waals surface area contributed by atoms with Crippen molar-refractivity contribution in [2.24, 2.45) is 5.73 Å². The minimum Gasteiger partial charge on any atom is -0.491 e. The molecular weight excluding hydrogens is 444 g/mol. The van der Waals surface area contributed by atoms with Crippen LogP contribution in [0.25, 0.3) is 10.6 Å². The fourth-order valence-electron chi connectivity index (χ4n) is 3.61. The molecule has 0 radical (unpaired) electrons. The number of thiazole rings is 2. The van der Waals surface area contributed by atoms with Crippen LogP contribution in [0.4, 0.5) is 0 Å². The first-order valence-electron chi connectivity index (χ1n) is 10.7. The molecule has 4 rings (SSSR count). The SMILES string of the molecule is Cc1nc(CN2CCOCC2)sc1-c1csc(Cc2cc(C(N)=O)ccc2OC(C)C)n1. The van der Waals surface area contributed by atoms with Crippen LogP contribution in [0.1, 0.15) is 45.5 Å². The summed E-state index contributed by atoms with van der Waals surface area (Å²) in [6.45, 7) is 10.3. The second-order valence-corrected chi connectivity index (χ2v) is 10.1. The van der Waals surface area contributed by atoms with E-state index in [9.17, 15) is 4.79 Å². The number of rotatable bonds is 8. The standard InChI is InChI=1S/C23H28N4O3S2/c1-14(2)30-19-5-4-16(23(24)28)10-17(19)11-20-26-18(13-31-20)22-15(3)25-21(32-22)12-27-6-8-29-9-7-27/h4-5,10,13-14H,6-9,11-12H2,1-3H3,(H2,24,28). The molecular formula is C23H28N4O3S2. The van der Waals surface area contributed by atoms with E-state index in [4.69, 9.17) is 25.2 Å². The third-order valence-corrected chi connectivity index (χ3v) is 7.15. The maximum absolute atomic E-state index is 11.7. The van der Waals surface area contributed by atoms with Crippen LogP contribution in [-0.2, 0) is 17.7 Å². The fourth-order valence-corrected chi connectivity index (χ4v) is 5.56. The third kappa shape index (κ3) is 5.53. The lowest BCUT2D eigenvalue weighted by Crippen LogP contribution is -2.35. The molecule has 2 aromatic heterocycles. The van der Waals surface area contributed by atoms with Crippen LogP contribution in [0.3, 0.4) is 0 Å². The Hall–Kier alpha value is -2.33. The molecule has 0 bridgehead atoms. The summed E-state index contributed by atoms with van der Waals surface area (Å²) >= 11 is 3.31. The Morgan fingerprint density at radius 2 is 2.03 bits per heavy atom. The van der Waals surface area contributed by atoms with Crippen LogP contribution in [0.5, 0.6) is 5.75 Å². The molecule has 1 aromatic carbocycles. The first kappa shape index (κ1) is 22.8. The van der Waals surface area contributed by atoms with Gasteiger partial charge in [0.2, 0.25) is 5.91 Å². The quantitative estimate of drug-likeness (QED) is 0.535. The number of carbonyl (C=O) groups excluding carboxylic acids is 1. The van der Waals surface area contributed by atoms with E-state index in [1.165, 1.54) is 0 Å². The number of hydrogen-bond donors (Lipinski definition) is 1. The molecule has 0 spiro atoms. The highest BCUT2D eigenvalue weighted by atomic mass is 32.1. The zero-order valence-corrected chi connectivity index (χ0v) is 20.2. The van der Waals surface area contributed by atoms with Gasteiger partial charge in [-0.3, -0.25) is 9.69 Å². The molecule has 1 amide bonds. The molecule has 0 aliphatic carbocycles. The summed E-state index contributed by atoms with van der Waals surface area (Å²) in [5, 5.41) is 4.14. The van der Waals surface area contributed by atoms with Gasteiger partial charge in [0.1, 0.15) is 10.8 Å². The summed E-state index contributed by atoms with van der Waals surface area (Å²) in [6, 6.07) is 5.32. The Labute approximate surface area is 196 Å². The molecule has 9 heteroatoms. The first-order valence-corrected chi connectivity index (χ1v) is 12.4. The minimum absolute atomic E-state index is 0.0322. The zero-order chi connectivity index (χ0) is 22.7. The topological polar surface area (TPSA) is 90.6 Å². The molecule has 3 heterocycles. The Kier molecular flexibility index (Phi) is 7.20. The van der Waals surface area contributed by atoms with Crippen molar-refractivity contribution in [3.63, 3.8) is 0 Å². The number of amides is 1. The monoisotopic (exact) mass is 472 g/mol. The number of ether oxygens (including phenoxy) is 2. The van der Waals surface area contributed by atoms with Gasteiger partial charge in [0, 0.05) is 36.0 Å². The molecule has 1 aliphatic heterocycles. The van der Waals surface area contributed by atoms with E-state index in [2.05, 4.69) is 10.3 Å². The van der Waals surface area contributed by atoms with Gasteiger partial charge in [-0.25, -0.2) is 9.97 Å². The summed E-state index contributed by atoms with van der Waals surface area (Å²) < 4.78 is 11.4. The van der Waals surface area contributed by atoms with Crippen LogP contribution in [0, 0.1) is 6.92 Å². The number of nitrogens with zero attached hydrogens (tertiary/aromatic N) is 3. The minimum atomic E-state index is -0.449. The normalized spacial score (nSPS) is 14.8. The van der Waals surface area contributed by atoms with Crippen LogP contribution in [0.15, 0.2) is 23.6 Å². The van der Waals surface area contributed by atoms with Gasteiger partial charge in [0.15, 0.2) is 0 Å². The van der Waals surface area contributed by atoms with Crippen LogP contribution >= 0.6 is 22.7 Å². The lowest BCUT2D eigenvalue weighted by Gasteiger charge is -2.25. The Bertz CT molecular complexity index is 1090. The number of nitrogens with two attached hydrogens (primary N) is 1. The van der Waals surface area contributed by atoms with E-state index in [-0.39, 0.29) is 6.10 Å². The van der Waals surface area contributed by atoms with Gasteiger partial charge in [0.25, 0.3) is 0 Å². The summed E-state index contributed by atoms with van der Waals surface area (Å²) in [5.74, 6) is 0.304. The number of hydrogen-bond acceptors (Lipinski definition) is 8.